The Balaban J connectivity index is 3.34. The first kappa shape index (κ1) is 11.4. The molecular formula is C12H14O3. The van der Waals surface area contributed by atoms with E-state index >= 15 is 0 Å². The van der Waals surface area contributed by atoms with Crippen molar-refractivity contribution in [3.05, 3.63) is 28.8 Å². The van der Waals surface area contributed by atoms with E-state index in [1.54, 1.807) is 12.1 Å². The number of carbonyl (C=O) groups excluding carboxylic acids is 2. The van der Waals surface area contributed by atoms with Gasteiger partial charge in [0.15, 0.2) is 5.78 Å². The molecule has 0 amide bonds. The first-order chi connectivity index (χ1) is 6.97. The number of hydrogen-bond donors (Lipinski definition) is 0. The lowest BCUT2D eigenvalue weighted by atomic mass is 10.0. The summed E-state index contributed by atoms with van der Waals surface area (Å²) in [5.74, 6) is -0.523. The predicted molar refractivity (Wildman–Crippen MR) is 57.5 cm³/mol. The molecule has 15 heavy (non-hydrogen) atoms. The highest BCUT2D eigenvalue weighted by Gasteiger charge is 2.17. The van der Waals surface area contributed by atoms with Crippen molar-refractivity contribution in [1.82, 2.24) is 0 Å². The van der Waals surface area contributed by atoms with Gasteiger partial charge < -0.3 is 4.74 Å². The maximum atomic E-state index is 11.6. The van der Waals surface area contributed by atoms with E-state index in [1.165, 1.54) is 14.0 Å². The van der Waals surface area contributed by atoms with E-state index in [9.17, 15) is 9.59 Å². The second-order valence-electron chi connectivity index (χ2n) is 3.52. The average molecular weight is 206 g/mol. The van der Waals surface area contributed by atoms with Crippen LogP contribution in [0.2, 0.25) is 0 Å². The molecule has 0 radical (unpaired) electrons. The van der Waals surface area contributed by atoms with Crippen LogP contribution in [0.5, 0.6) is 5.75 Å². The summed E-state index contributed by atoms with van der Waals surface area (Å²) in [7, 11) is 1.49. The van der Waals surface area contributed by atoms with Crippen molar-refractivity contribution >= 4 is 11.6 Å². The Morgan fingerprint density at radius 1 is 1.13 bits per heavy atom. The van der Waals surface area contributed by atoms with Crippen LogP contribution >= 0.6 is 0 Å². The smallest absolute Gasteiger partial charge is 0.231 e. The number of ketones is 2. The van der Waals surface area contributed by atoms with Crippen molar-refractivity contribution in [1.29, 1.82) is 0 Å². The average Bonchev–Trinajstić information content (AvgIpc) is 2.20. The summed E-state index contributed by atoms with van der Waals surface area (Å²) in [6, 6.07) is 3.46. The van der Waals surface area contributed by atoms with Gasteiger partial charge in [-0.15, -0.1) is 0 Å². The minimum atomic E-state index is -0.505. The standard InChI is InChI=1S/C12H14O3/c1-7-5-10(12(14)9(3)13)11(15-4)6-8(7)2/h5-6H,1-4H3. The van der Waals surface area contributed by atoms with E-state index in [1.807, 2.05) is 13.8 Å². The van der Waals surface area contributed by atoms with E-state index in [2.05, 4.69) is 0 Å². The lowest BCUT2D eigenvalue weighted by molar-refractivity contribution is -0.113. The van der Waals surface area contributed by atoms with Crippen molar-refractivity contribution < 1.29 is 14.3 Å². The summed E-state index contributed by atoms with van der Waals surface area (Å²) in [6.45, 7) is 5.09. The fraction of sp³-hybridized carbons (Fsp3) is 0.333. The molecule has 0 spiro atoms. The van der Waals surface area contributed by atoms with Gasteiger partial charge in [0.05, 0.1) is 12.7 Å². The Morgan fingerprint density at radius 2 is 1.67 bits per heavy atom. The molecule has 0 heterocycles. The minimum Gasteiger partial charge on any atom is -0.496 e. The number of methoxy groups -OCH3 is 1. The number of rotatable bonds is 3. The number of aryl methyl sites for hydroxylation is 2. The van der Waals surface area contributed by atoms with E-state index in [0.29, 0.717) is 11.3 Å². The highest BCUT2D eigenvalue weighted by Crippen LogP contribution is 2.23. The summed E-state index contributed by atoms with van der Waals surface area (Å²) < 4.78 is 5.08. The molecule has 0 fully saturated rings. The van der Waals surface area contributed by atoms with Crippen molar-refractivity contribution in [3.63, 3.8) is 0 Å². The van der Waals surface area contributed by atoms with E-state index in [4.69, 9.17) is 4.74 Å². The van der Waals surface area contributed by atoms with Crippen LogP contribution in [0.25, 0.3) is 0 Å². The summed E-state index contributed by atoms with van der Waals surface area (Å²) in [5.41, 5.74) is 2.35. The molecule has 1 aromatic carbocycles. The molecule has 0 aliphatic heterocycles. The number of carbonyl (C=O) groups is 2. The molecule has 0 unspecified atom stereocenters. The van der Waals surface area contributed by atoms with Gasteiger partial charge in [-0.1, -0.05) is 0 Å². The first-order valence-corrected chi connectivity index (χ1v) is 4.68. The molecule has 0 aliphatic carbocycles. The molecule has 0 atom stereocenters. The van der Waals surface area contributed by atoms with Crippen LogP contribution < -0.4 is 4.74 Å². The third-order valence-corrected chi connectivity index (χ3v) is 2.38. The highest BCUT2D eigenvalue weighted by molar-refractivity contribution is 6.43. The summed E-state index contributed by atoms with van der Waals surface area (Å²) >= 11 is 0. The lowest BCUT2D eigenvalue weighted by Gasteiger charge is -2.09. The van der Waals surface area contributed by atoms with Crippen LogP contribution in [-0.2, 0) is 4.79 Å². The predicted octanol–water partition coefficient (Wildman–Crippen LogP) is 2.08. The topological polar surface area (TPSA) is 43.4 Å². The van der Waals surface area contributed by atoms with Crippen LogP contribution in [0, 0.1) is 13.8 Å². The molecule has 1 rings (SSSR count). The molecule has 3 nitrogen and oxygen atoms in total. The van der Waals surface area contributed by atoms with Crippen LogP contribution in [-0.4, -0.2) is 18.7 Å². The number of hydrogen-bond acceptors (Lipinski definition) is 3. The molecule has 0 bridgehead atoms. The third kappa shape index (κ3) is 2.24. The zero-order chi connectivity index (χ0) is 11.6. The van der Waals surface area contributed by atoms with Crippen LogP contribution in [0.15, 0.2) is 12.1 Å². The first-order valence-electron chi connectivity index (χ1n) is 4.68. The normalized spacial score (nSPS) is 9.87. The van der Waals surface area contributed by atoms with Crippen molar-refractivity contribution in [2.24, 2.45) is 0 Å². The number of Topliss-reactive ketones (excluding diaryl/α,β-unsaturated/α-hetero) is 2. The van der Waals surface area contributed by atoms with Crippen molar-refractivity contribution in [2.75, 3.05) is 7.11 Å². The fourth-order valence-electron chi connectivity index (χ4n) is 1.33. The monoisotopic (exact) mass is 206 g/mol. The molecule has 0 N–H and O–H groups in total. The minimum absolute atomic E-state index is 0.341. The Labute approximate surface area is 89.1 Å². The van der Waals surface area contributed by atoms with Gasteiger partial charge in [-0.3, -0.25) is 9.59 Å². The summed E-state index contributed by atoms with van der Waals surface area (Å²) in [4.78, 5) is 22.6. The molecule has 80 valence electrons. The second kappa shape index (κ2) is 4.26. The number of ether oxygens (including phenoxy) is 1. The van der Waals surface area contributed by atoms with Gasteiger partial charge in [-0.05, 0) is 37.1 Å². The SMILES string of the molecule is COc1cc(C)c(C)cc1C(=O)C(C)=O. The Morgan fingerprint density at radius 3 is 2.13 bits per heavy atom. The van der Waals surface area contributed by atoms with Gasteiger partial charge >= 0.3 is 0 Å². The quantitative estimate of drug-likeness (QED) is 0.561. The van der Waals surface area contributed by atoms with Crippen LogP contribution in [0.4, 0.5) is 0 Å². The zero-order valence-electron chi connectivity index (χ0n) is 9.38. The molecular weight excluding hydrogens is 192 g/mol. The van der Waals surface area contributed by atoms with Gasteiger partial charge in [-0.25, -0.2) is 0 Å². The largest absolute Gasteiger partial charge is 0.496 e. The fourth-order valence-corrected chi connectivity index (χ4v) is 1.33. The maximum Gasteiger partial charge on any atom is 0.231 e. The van der Waals surface area contributed by atoms with Gasteiger partial charge in [0.25, 0.3) is 0 Å². The van der Waals surface area contributed by atoms with E-state index < -0.39 is 11.6 Å². The summed E-state index contributed by atoms with van der Waals surface area (Å²) in [5, 5.41) is 0. The third-order valence-electron chi connectivity index (χ3n) is 2.38. The molecule has 0 saturated carbocycles. The Kier molecular flexibility index (Phi) is 3.24. The van der Waals surface area contributed by atoms with Crippen LogP contribution in [0.1, 0.15) is 28.4 Å². The second-order valence-corrected chi connectivity index (χ2v) is 3.52. The Hall–Kier alpha value is -1.64. The van der Waals surface area contributed by atoms with Gasteiger partial charge in [-0.2, -0.15) is 0 Å². The molecule has 0 saturated heterocycles. The maximum absolute atomic E-state index is 11.6. The van der Waals surface area contributed by atoms with E-state index in [-0.39, 0.29) is 0 Å². The van der Waals surface area contributed by atoms with Crippen molar-refractivity contribution in [2.45, 2.75) is 20.8 Å². The van der Waals surface area contributed by atoms with Gasteiger partial charge in [0, 0.05) is 6.92 Å². The van der Waals surface area contributed by atoms with Gasteiger partial charge in [0.2, 0.25) is 5.78 Å². The molecule has 1 aromatic rings. The zero-order valence-corrected chi connectivity index (χ0v) is 9.38. The van der Waals surface area contributed by atoms with Gasteiger partial charge in [0.1, 0.15) is 5.75 Å². The Bertz CT molecular complexity index is 419. The molecule has 0 aliphatic rings. The molecule has 0 aromatic heterocycles. The molecule has 3 heteroatoms. The summed E-state index contributed by atoms with van der Waals surface area (Å²) in [6.07, 6.45) is 0. The highest BCUT2D eigenvalue weighted by atomic mass is 16.5. The van der Waals surface area contributed by atoms with Crippen molar-refractivity contribution in [3.8, 4) is 5.75 Å². The lowest BCUT2D eigenvalue weighted by Crippen LogP contribution is -2.11. The van der Waals surface area contributed by atoms with Crippen LogP contribution in [0.3, 0.4) is 0 Å². The van der Waals surface area contributed by atoms with E-state index in [0.717, 1.165) is 11.1 Å². The number of benzene rings is 1.